The topological polar surface area (TPSA) is 88.9 Å². The molecule has 0 aliphatic carbocycles. The van der Waals surface area contributed by atoms with Crippen LogP contribution in [0.3, 0.4) is 0 Å². The smallest absolute Gasteiger partial charge is 0.293 e. The van der Waals surface area contributed by atoms with Gasteiger partial charge in [-0.2, -0.15) is 5.26 Å². The molecule has 0 spiro atoms. The van der Waals surface area contributed by atoms with Crippen molar-refractivity contribution < 1.29 is 23.8 Å². The summed E-state index contributed by atoms with van der Waals surface area (Å²) in [5.41, 5.74) is 1.84. The molecule has 1 fully saturated rings. The van der Waals surface area contributed by atoms with Crippen LogP contribution < -0.4 is 9.47 Å². The number of amides is 2. The van der Waals surface area contributed by atoms with Gasteiger partial charge in [0.25, 0.3) is 11.1 Å². The van der Waals surface area contributed by atoms with E-state index >= 15 is 0 Å². The molecule has 2 aromatic rings. The number of hydrogen-bond donors (Lipinski definition) is 0. The fourth-order valence-corrected chi connectivity index (χ4v) is 4.14. The quantitative estimate of drug-likeness (QED) is 0.481. The molecule has 0 bridgehead atoms. The molecule has 0 N–H and O–H groups in total. The Hall–Kier alpha value is -2.99. The summed E-state index contributed by atoms with van der Waals surface area (Å²) in [6.07, 6.45) is 1.60. The highest BCUT2D eigenvalue weighted by atomic mass is 35.5. The summed E-state index contributed by atoms with van der Waals surface area (Å²) in [4.78, 5) is 26.1. The van der Waals surface area contributed by atoms with Crippen LogP contribution in [0.25, 0.3) is 6.08 Å². The van der Waals surface area contributed by atoms with Gasteiger partial charge in [0.15, 0.2) is 11.5 Å². The van der Waals surface area contributed by atoms with Gasteiger partial charge in [-0.3, -0.25) is 14.5 Å². The number of imide groups is 1. The van der Waals surface area contributed by atoms with Crippen molar-refractivity contribution >= 4 is 40.6 Å². The molecule has 1 saturated heterocycles. The first-order chi connectivity index (χ1) is 15.5. The number of methoxy groups -OCH3 is 1. The molecule has 1 heterocycles. The van der Waals surface area contributed by atoms with E-state index in [1.807, 2.05) is 13.0 Å². The number of hydrogen-bond acceptors (Lipinski definition) is 7. The maximum absolute atomic E-state index is 12.6. The monoisotopic (exact) mass is 472 g/mol. The second-order valence-corrected chi connectivity index (χ2v) is 8.05. The van der Waals surface area contributed by atoms with Gasteiger partial charge in [-0.05, 0) is 48.5 Å². The van der Waals surface area contributed by atoms with E-state index < -0.39 is 0 Å². The molecule has 7 nitrogen and oxygen atoms in total. The Morgan fingerprint density at radius 2 is 2.00 bits per heavy atom. The number of carbonyl (C=O) groups is 2. The first-order valence-electron chi connectivity index (χ1n) is 9.80. The van der Waals surface area contributed by atoms with Crippen LogP contribution in [0.5, 0.6) is 11.5 Å². The van der Waals surface area contributed by atoms with Gasteiger partial charge in [0.05, 0.1) is 41.3 Å². The highest BCUT2D eigenvalue weighted by molar-refractivity contribution is 8.18. The predicted molar refractivity (Wildman–Crippen MR) is 123 cm³/mol. The van der Waals surface area contributed by atoms with Crippen molar-refractivity contribution in [3.05, 3.63) is 63.0 Å². The number of nitriles is 1. The standard InChI is InChI=1S/C23H21ClN2O5S/c1-3-30-19-11-15(12-20-22(27)26(8-9-29-2)23(28)32-20)10-18(24)21(19)31-14-17-7-5-4-6-16(17)13-25/h4-7,10-12H,3,8-9,14H2,1-2H3/b20-12+. The molecule has 0 unspecified atom stereocenters. The van der Waals surface area contributed by atoms with E-state index in [9.17, 15) is 14.9 Å². The molecule has 3 rings (SSSR count). The lowest BCUT2D eigenvalue weighted by Crippen LogP contribution is -2.31. The van der Waals surface area contributed by atoms with Gasteiger partial charge >= 0.3 is 0 Å². The van der Waals surface area contributed by atoms with E-state index in [1.165, 1.54) is 7.11 Å². The van der Waals surface area contributed by atoms with Crippen LogP contribution in [-0.4, -0.2) is 42.9 Å². The molecule has 9 heteroatoms. The van der Waals surface area contributed by atoms with Crippen molar-refractivity contribution in [2.75, 3.05) is 26.9 Å². The summed E-state index contributed by atoms with van der Waals surface area (Å²) in [6, 6.07) is 12.6. The summed E-state index contributed by atoms with van der Waals surface area (Å²) >= 11 is 7.34. The van der Waals surface area contributed by atoms with Gasteiger partial charge in [-0.1, -0.05) is 29.8 Å². The van der Waals surface area contributed by atoms with Crippen LogP contribution in [0, 0.1) is 11.3 Å². The first-order valence-corrected chi connectivity index (χ1v) is 11.0. The summed E-state index contributed by atoms with van der Waals surface area (Å²) in [5, 5.41) is 9.21. The summed E-state index contributed by atoms with van der Waals surface area (Å²) in [7, 11) is 1.51. The second kappa shape index (κ2) is 11.0. The molecule has 166 valence electrons. The zero-order chi connectivity index (χ0) is 23.1. The summed E-state index contributed by atoms with van der Waals surface area (Å²) < 4.78 is 16.6. The normalized spacial score (nSPS) is 14.7. The second-order valence-electron chi connectivity index (χ2n) is 6.65. The third-order valence-electron chi connectivity index (χ3n) is 4.53. The van der Waals surface area contributed by atoms with E-state index in [2.05, 4.69) is 6.07 Å². The predicted octanol–water partition coefficient (Wildman–Crippen LogP) is 4.87. The molecule has 1 aliphatic rings. The highest BCUT2D eigenvalue weighted by Crippen LogP contribution is 2.39. The lowest BCUT2D eigenvalue weighted by molar-refractivity contribution is -0.123. The average Bonchev–Trinajstić information content (AvgIpc) is 3.04. The van der Waals surface area contributed by atoms with Crippen molar-refractivity contribution in [1.29, 1.82) is 5.26 Å². The molecular weight excluding hydrogens is 452 g/mol. The van der Waals surface area contributed by atoms with Crippen molar-refractivity contribution in [1.82, 2.24) is 4.90 Å². The molecule has 2 amide bonds. The Kier molecular flexibility index (Phi) is 8.17. The lowest BCUT2D eigenvalue weighted by Gasteiger charge is -2.15. The van der Waals surface area contributed by atoms with Crippen molar-refractivity contribution in [2.45, 2.75) is 13.5 Å². The Morgan fingerprint density at radius 1 is 1.22 bits per heavy atom. The SMILES string of the molecule is CCOc1cc(/C=C2/SC(=O)N(CCOC)C2=O)cc(Cl)c1OCc1ccccc1C#N. The largest absolute Gasteiger partial charge is 0.490 e. The Labute approximate surface area is 195 Å². The summed E-state index contributed by atoms with van der Waals surface area (Å²) in [5.74, 6) is 0.366. The molecule has 0 saturated carbocycles. The third-order valence-corrected chi connectivity index (χ3v) is 5.72. The first kappa shape index (κ1) is 23.7. The van der Waals surface area contributed by atoms with E-state index in [0.717, 1.165) is 22.2 Å². The fourth-order valence-electron chi connectivity index (χ4n) is 3.01. The number of ether oxygens (including phenoxy) is 3. The number of nitrogens with zero attached hydrogens (tertiary/aromatic N) is 2. The van der Waals surface area contributed by atoms with Gasteiger partial charge in [-0.15, -0.1) is 0 Å². The number of carbonyl (C=O) groups excluding carboxylic acids is 2. The summed E-state index contributed by atoms with van der Waals surface area (Å²) in [6.45, 7) is 2.81. The molecule has 0 atom stereocenters. The molecule has 1 aliphatic heterocycles. The van der Waals surface area contributed by atoms with Crippen molar-refractivity contribution in [3.8, 4) is 17.6 Å². The zero-order valence-corrected chi connectivity index (χ0v) is 19.2. The lowest BCUT2D eigenvalue weighted by atomic mass is 10.1. The van der Waals surface area contributed by atoms with Gasteiger partial charge in [0.2, 0.25) is 0 Å². The number of rotatable bonds is 9. The Morgan fingerprint density at radius 3 is 2.72 bits per heavy atom. The Bertz CT molecular complexity index is 1100. The minimum atomic E-state index is -0.375. The molecular formula is C23H21ClN2O5S. The maximum atomic E-state index is 12.6. The van der Waals surface area contributed by atoms with Crippen molar-refractivity contribution in [2.24, 2.45) is 0 Å². The van der Waals surface area contributed by atoms with E-state index in [1.54, 1.807) is 36.4 Å². The van der Waals surface area contributed by atoms with Gasteiger partial charge in [0.1, 0.15) is 6.61 Å². The van der Waals surface area contributed by atoms with E-state index in [0.29, 0.717) is 34.1 Å². The molecule has 32 heavy (non-hydrogen) atoms. The highest BCUT2D eigenvalue weighted by Gasteiger charge is 2.34. The molecule has 0 aromatic heterocycles. The molecule has 0 radical (unpaired) electrons. The average molecular weight is 473 g/mol. The van der Waals surface area contributed by atoms with Crippen LogP contribution in [-0.2, 0) is 16.1 Å². The number of benzene rings is 2. The van der Waals surface area contributed by atoms with Crippen LogP contribution >= 0.6 is 23.4 Å². The third kappa shape index (κ3) is 5.43. The maximum Gasteiger partial charge on any atom is 0.293 e. The van der Waals surface area contributed by atoms with E-state index in [-0.39, 0.29) is 35.9 Å². The zero-order valence-electron chi connectivity index (χ0n) is 17.6. The van der Waals surface area contributed by atoms with Gasteiger partial charge in [0, 0.05) is 12.7 Å². The van der Waals surface area contributed by atoms with Gasteiger partial charge in [-0.25, -0.2) is 0 Å². The minimum Gasteiger partial charge on any atom is -0.490 e. The fraction of sp³-hybridized carbons (Fsp3) is 0.261. The van der Waals surface area contributed by atoms with Crippen molar-refractivity contribution in [3.63, 3.8) is 0 Å². The van der Waals surface area contributed by atoms with Crippen LogP contribution in [0.1, 0.15) is 23.6 Å². The van der Waals surface area contributed by atoms with E-state index in [4.69, 9.17) is 25.8 Å². The minimum absolute atomic E-state index is 0.140. The van der Waals surface area contributed by atoms with Gasteiger partial charge < -0.3 is 14.2 Å². The molecule has 2 aromatic carbocycles. The number of thioether (sulfide) groups is 1. The van der Waals surface area contributed by atoms with Crippen LogP contribution in [0.15, 0.2) is 41.3 Å². The number of halogens is 1. The Balaban J connectivity index is 1.86. The van der Waals surface area contributed by atoms with Crippen LogP contribution in [0.2, 0.25) is 5.02 Å². The van der Waals surface area contributed by atoms with Crippen LogP contribution in [0.4, 0.5) is 4.79 Å².